The molecule has 0 aromatic heterocycles. The minimum Gasteiger partial charge on any atom is -0.353 e. The molecule has 0 bridgehead atoms. The van der Waals surface area contributed by atoms with Crippen LogP contribution in [0.2, 0.25) is 10.0 Å². The molecule has 28 heavy (non-hydrogen) atoms. The van der Waals surface area contributed by atoms with Crippen LogP contribution in [0.15, 0.2) is 51.8 Å². The van der Waals surface area contributed by atoms with Gasteiger partial charge in [-0.25, -0.2) is 8.42 Å². The maximum atomic E-state index is 13.2. The number of sulfonamides is 1. The van der Waals surface area contributed by atoms with Gasteiger partial charge in [-0.2, -0.15) is 4.31 Å². The second-order valence-electron chi connectivity index (χ2n) is 6.34. The summed E-state index contributed by atoms with van der Waals surface area (Å²) in [5.41, 5.74) is 0.558. The van der Waals surface area contributed by atoms with Crippen LogP contribution in [-0.4, -0.2) is 31.2 Å². The van der Waals surface area contributed by atoms with Gasteiger partial charge in [0.25, 0.3) is 0 Å². The minimum atomic E-state index is -3.92. The first-order valence-electron chi connectivity index (χ1n) is 8.62. The molecule has 0 unspecified atom stereocenters. The van der Waals surface area contributed by atoms with Crippen LogP contribution in [0.5, 0.6) is 0 Å². The van der Waals surface area contributed by atoms with Gasteiger partial charge in [0.05, 0.1) is 11.4 Å². The molecule has 1 atom stereocenters. The fourth-order valence-electron chi connectivity index (χ4n) is 2.40. The minimum absolute atomic E-state index is 0.0520. The Morgan fingerprint density at radius 1 is 1.18 bits per heavy atom. The maximum Gasteiger partial charge on any atom is 0.243 e. The van der Waals surface area contributed by atoms with Gasteiger partial charge >= 0.3 is 0 Å². The molecule has 0 aliphatic heterocycles. The van der Waals surface area contributed by atoms with Gasteiger partial charge in [0.15, 0.2) is 0 Å². The highest BCUT2D eigenvalue weighted by Gasteiger charge is 2.28. The van der Waals surface area contributed by atoms with Crippen LogP contribution < -0.4 is 5.32 Å². The lowest BCUT2D eigenvalue weighted by molar-refractivity contribution is -0.122. The van der Waals surface area contributed by atoms with Crippen LogP contribution in [0, 0.1) is 0 Å². The van der Waals surface area contributed by atoms with Crippen molar-refractivity contribution >= 4 is 55.1 Å². The fraction of sp³-hybridized carbons (Fsp3) is 0.316. The van der Waals surface area contributed by atoms with E-state index in [1.807, 2.05) is 13.8 Å². The zero-order chi connectivity index (χ0) is 20.9. The predicted octanol–water partition coefficient (Wildman–Crippen LogP) is 4.86. The third-order valence-corrected chi connectivity index (χ3v) is 7.07. The Labute approximate surface area is 184 Å². The highest BCUT2D eigenvalue weighted by atomic mass is 79.9. The van der Waals surface area contributed by atoms with Gasteiger partial charge in [-0.3, -0.25) is 4.79 Å². The van der Waals surface area contributed by atoms with Crippen molar-refractivity contribution in [2.45, 2.75) is 37.8 Å². The fourth-order valence-corrected chi connectivity index (χ4v) is 4.51. The number of amides is 1. The summed E-state index contributed by atoms with van der Waals surface area (Å²) in [5.74, 6) is -0.375. The van der Waals surface area contributed by atoms with E-state index in [1.165, 1.54) is 12.1 Å². The molecule has 152 valence electrons. The summed E-state index contributed by atoms with van der Waals surface area (Å²) in [6, 6.07) is 11.0. The van der Waals surface area contributed by atoms with Crippen molar-refractivity contribution in [2.75, 3.05) is 6.54 Å². The van der Waals surface area contributed by atoms with E-state index in [0.717, 1.165) is 15.2 Å². The van der Waals surface area contributed by atoms with Gasteiger partial charge in [0, 0.05) is 27.1 Å². The van der Waals surface area contributed by atoms with Crippen molar-refractivity contribution in [2.24, 2.45) is 0 Å². The van der Waals surface area contributed by atoms with Gasteiger partial charge in [0.2, 0.25) is 15.9 Å². The van der Waals surface area contributed by atoms with Gasteiger partial charge in [-0.05, 0) is 55.3 Å². The Kier molecular flexibility index (Phi) is 8.33. The average Bonchev–Trinajstić information content (AvgIpc) is 2.63. The van der Waals surface area contributed by atoms with E-state index in [0.29, 0.717) is 15.6 Å². The number of hydrogen-bond acceptors (Lipinski definition) is 3. The van der Waals surface area contributed by atoms with Crippen LogP contribution in [0.4, 0.5) is 0 Å². The number of nitrogens with zero attached hydrogens (tertiary/aromatic N) is 1. The monoisotopic (exact) mass is 506 g/mol. The Morgan fingerprint density at radius 2 is 1.82 bits per heavy atom. The molecule has 0 aliphatic carbocycles. The van der Waals surface area contributed by atoms with Crippen LogP contribution in [0.3, 0.4) is 0 Å². The van der Waals surface area contributed by atoms with Gasteiger partial charge < -0.3 is 5.32 Å². The summed E-state index contributed by atoms with van der Waals surface area (Å²) in [6.45, 7) is 3.43. The van der Waals surface area contributed by atoms with Crippen LogP contribution in [-0.2, 0) is 21.4 Å². The summed E-state index contributed by atoms with van der Waals surface area (Å²) < 4.78 is 28.2. The number of rotatable bonds is 8. The standard InChI is InChI=1S/C19H21BrCl2N2O3S/c1-3-13(2)23-19(25)12-24(11-14-4-7-16(21)10-18(14)22)28(26,27)17-8-5-15(20)6-9-17/h4-10,13H,3,11-12H2,1-2H3,(H,23,25)/t13-/m1/s1. The number of halogens is 3. The number of nitrogens with one attached hydrogen (secondary N) is 1. The molecule has 0 heterocycles. The van der Waals surface area contributed by atoms with Crippen molar-refractivity contribution < 1.29 is 13.2 Å². The second-order valence-corrected chi connectivity index (χ2v) is 10.0. The summed E-state index contributed by atoms with van der Waals surface area (Å²) in [5, 5.41) is 3.58. The molecule has 0 saturated heterocycles. The summed E-state index contributed by atoms with van der Waals surface area (Å²) in [6.07, 6.45) is 0.744. The Balaban J connectivity index is 2.36. The quantitative estimate of drug-likeness (QED) is 0.554. The highest BCUT2D eigenvalue weighted by Crippen LogP contribution is 2.25. The summed E-state index contributed by atoms with van der Waals surface area (Å²) >= 11 is 15.4. The Morgan fingerprint density at radius 3 is 2.39 bits per heavy atom. The first-order valence-corrected chi connectivity index (χ1v) is 11.6. The lowest BCUT2D eigenvalue weighted by atomic mass is 10.2. The Hall–Kier alpha value is -1.12. The number of carbonyl (C=O) groups excluding carboxylic acids is 1. The van der Waals surface area contributed by atoms with E-state index in [4.69, 9.17) is 23.2 Å². The third kappa shape index (κ3) is 6.19. The van der Waals surface area contributed by atoms with E-state index >= 15 is 0 Å². The molecule has 1 amide bonds. The predicted molar refractivity (Wildman–Crippen MR) is 116 cm³/mol. The molecular formula is C19H21BrCl2N2O3S. The summed E-state index contributed by atoms with van der Waals surface area (Å²) in [7, 11) is -3.92. The van der Waals surface area contributed by atoms with E-state index in [1.54, 1.807) is 30.3 Å². The number of hydrogen-bond donors (Lipinski definition) is 1. The molecule has 0 radical (unpaired) electrons. The molecular weight excluding hydrogens is 487 g/mol. The lowest BCUT2D eigenvalue weighted by Crippen LogP contribution is -2.43. The maximum absolute atomic E-state index is 13.2. The Bertz CT molecular complexity index is 937. The van der Waals surface area contributed by atoms with Crippen molar-refractivity contribution in [3.05, 3.63) is 62.5 Å². The second kappa shape index (κ2) is 10.1. The largest absolute Gasteiger partial charge is 0.353 e. The van der Waals surface area contributed by atoms with Crippen LogP contribution >= 0.6 is 39.1 Å². The molecule has 1 N–H and O–H groups in total. The van der Waals surface area contributed by atoms with Gasteiger partial charge in [0.1, 0.15) is 0 Å². The molecule has 0 aliphatic rings. The molecule has 0 fully saturated rings. The van der Waals surface area contributed by atoms with Crippen molar-refractivity contribution in [1.82, 2.24) is 9.62 Å². The molecule has 0 spiro atoms. The van der Waals surface area contributed by atoms with E-state index in [9.17, 15) is 13.2 Å². The average molecular weight is 508 g/mol. The number of carbonyl (C=O) groups is 1. The normalized spacial score (nSPS) is 12.8. The highest BCUT2D eigenvalue weighted by molar-refractivity contribution is 9.10. The van der Waals surface area contributed by atoms with Crippen LogP contribution in [0.25, 0.3) is 0 Å². The van der Waals surface area contributed by atoms with Gasteiger partial charge in [-0.1, -0.05) is 52.1 Å². The van der Waals surface area contributed by atoms with E-state index in [-0.39, 0.29) is 29.9 Å². The topological polar surface area (TPSA) is 66.5 Å². The first kappa shape index (κ1) is 23.2. The molecule has 0 saturated carbocycles. The molecule has 2 aromatic rings. The van der Waals surface area contributed by atoms with Crippen molar-refractivity contribution in [3.8, 4) is 0 Å². The smallest absolute Gasteiger partial charge is 0.243 e. The van der Waals surface area contributed by atoms with Crippen molar-refractivity contribution in [1.29, 1.82) is 0 Å². The zero-order valence-corrected chi connectivity index (χ0v) is 19.4. The van der Waals surface area contributed by atoms with Gasteiger partial charge in [-0.15, -0.1) is 0 Å². The SMILES string of the molecule is CC[C@@H](C)NC(=O)CN(Cc1ccc(Cl)cc1Cl)S(=O)(=O)c1ccc(Br)cc1. The molecule has 5 nitrogen and oxygen atoms in total. The zero-order valence-electron chi connectivity index (χ0n) is 15.5. The molecule has 2 aromatic carbocycles. The summed E-state index contributed by atoms with van der Waals surface area (Å²) in [4.78, 5) is 12.5. The first-order chi connectivity index (χ1) is 13.1. The molecule has 9 heteroatoms. The third-order valence-electron chi connectivity index (χ3n) is 4.15. The van der Waals surface area contributed by atoms with E-state index in [2.05, 4.69) is 21.2 Å². The number of benzene rings is 2. The lowest BCUT2D eigenvalue weighted by Gasteiger charge is -2.23. The van der Waals surface area contributed by atoms with Crippen molar-refractivity contribution in [3.63, 3.8) is 0 Å². The molecule has 2 rings (SSSR count). The van der Waals surface area contributed by atoms with Crippen LogP contribution in [0.1, 0.15) is 25.8 Å². The van der Waals surface area contributed by atoms with E-state index < -0.39 is 10.0 Å².